The second-order valence-corrected chi connectivity index (χ2v) is 7.57. The number of methoxy groups -OCH3 is 1. The molecule has 0 saturated heterocycles. The van der Waals surface area contributed by atoms with Crippen molar-refractivity contribution in [2.45, 2.75) is 25.1 Å². The molecule has 0 unspecified atom stereocenters. The van der Waals surface area contributed by atoms with Gasteiger partial charge in [-0.25, -0.2) is 4.79 Å². The topological polar surface area (TPSA) is 48.3 Å². The number of ether oxygens (including phenoxy) is 1. The van der Waals surface area contributed by atoms with E-state index in [2.05, 4.69) is 4.74 Å². The standard InChI is InChI=1S/C22H16F3NO3S/c1-29-21(28)16-11-17(30)20-19(22(23,24)25)14(10-18(27)26(16)20)9-13-7-4-6-12-5-2-3-8-15(12)13/h2-8,10,16H,9,11H2,1H3/t16-/m1/s1. The van der Waals surface area contributed by atoms with Gasteiger partial charge in [0.25, 0.3) is 5.56 Å². The van der Waals surface area contributed by atoms with E-state index in [1.807, 2.05) is 30.3 Å². The van der Waals surface area contributed by atoms with Crippen LogP contribution in [0.25, 0.3) is 10.8 Å². The van der Waals surface area contributed by atoms with Gasteiger partial charge in [0.1, 0.15) is 6.04 Å². The van der Waals surface area contributed by atoms with E-state index in [0.717, 1.165) is 28.5 Å². The zero-order valence-corrected chi connectivity index (χ0v) is 16.6. The number of pyridine rings is 1. The maximum atomic E-state index is 14.1. The maximum Gasteiger partial charge on any atom is 0.418 e. The van der Waals surface area contributed by atoms with Crippen molar-refractivity contribution in [1.29, 1.82) is 0 Å². The largest absolute Gasteiger partial charge is 0.467 e. The molecule has 30 heavy (non-hydrogen) atoms. The van der Waals surface area contributed by atoms with Crippen LogP contribution in [-0.2, 0) is 22.1 Å². The Morgan fingerprint density at radius 2 is 1.87 bits per heavy atom. The number of carbonyl (C=O) groups is 1. The average Bonchev–Trinajstić information content (AvgIpc) is 3.04. The summed E-state index contributed by atoms with van der Waals surface area (Å²) in [5.41, 5.74) is -1.58. The van der Waals surface area contributed by atoms with Crippen LogP contribution in [0.15, 0.2) is 53.3 Å². The summed E-state index contributed by atoms with van der Waals surface area (Å²) < 4.78 is 47.9. The predicted molar refractivity (Wildman–Crippen MR) is 110 cm³/mol. The van der Waals surface area contributed by atoms with Gasteiger partial charge in [-0.3, -0.25) is 9.36 Å². The Balaban J connectivity index is 1.95. The van der Waals surface area contributed by atoms with Crippen molar-refractivity contribution in [2.24, 2.45) is 0 Å². The molecular weight excluding hydrogens is 415 g/mol. The smallest absolute Gasteiger partial charge is 0.418 e. The summed E-state index contributed by atoms with van der Waals surface area (Å²) in [5.74, 6) is -0.798. The van der Waals surface area contributed by atoms with Crippen molar-refractivity contribution in [3.63, 3.8) is 0 Å². The third-order valence-electron chi connectivity index (χ3n) is 5.31. The molecule has 1 aliphatic rings. The van der Waals surface area contributed by atoms with Gasteiger partial charge in [0.2, 0.25) is 0 Å². The van der Waals surface area contributed by atoms with E-state index in [1.54, 1.807) is 12.1 Å². The molecule has 154 valence electrons. The Labute approximate surface area is 174 Å². The molecule has 1 atom stereocenters. The van der Waals surface area contributed by atoms with Crippen molar-refractivity contribution in [3.05, 3.63) is 81.3 Å². The first-order chi connectivity index (χ1) is 14.2. The van der Waals surface area contributed by atoms with E-state index in [9.17, 15) is 22.8 Å². The molecule has 2 aromatic carbocycles. The minimum absolute atomic E-state index is 0.0744. The van der Waals surface area contributed by atoms with Gasteiger partial charge in [0.05, 0.1) is 18.4 Å². The Morgan fingerprint density at radius 1 is 1.17 bits per heavy atom. The molecule has 0 fully saturated rings. The number of nitrogens with zero attached hydrogens (tertiary/aromatic N) is 1. The number of alkyl halides is 3. The summed E-state index contributed by atoms with van der Waals surface area (Å²) in [6.45, 7) is 0. The Bertz CT molecular complexity index is 1240. The number of hydrogen-bond acceptors (Lipinski definition) is 4. The monoisotopic (exact) mass is 431 g/mol. The van der Waals surface area contributed by atoms with Crippen LogP contribution in [0.4, 0.5) is 13.2 Å². The van der Waals surface area contributed by atoms with Crippen LogP contribution in [0.1, 0.15) is 34.8 Å². The van der Waals surface area contributed by atoms with Crippen LogP contribution in [0.5, 0.6) is 0 Å². The SMILES string of the molecule is COC(=O)[C@H]1CC(=S)c2c(C(F)(F)F)c(Cc3cccc4ccccc34)cc(=O)n21. The molecule has 1 aromatic heterocycles. The predicted octanol–water partition coefficient (Wildman–Crippen LogP) is 4.45. The molecule has 0 N–H and O–H groups in total. The molecule has 0 radical (unpaired) electrons. The molecule has 2 heterocycles. The molecule has 4 rings (SSSR count). The van der Waals surface area contributed by atoms with Crippen LogP contribution in [0.2, 0.25) is 0 Å². The molecule has 8 heteroatoms. The van der Waals surface area contributed by atoms with E-state index in [-0.39, 0.29) is 23.3 Å². The van der Waals surface area contributed by atoms with Crippen molar-refractivity contribution in [2.75, 3.05) is 7.11 Å². The minimum Gasteiger partial charge on any atom is -0.467 e. The Kier molecular flexibility index (Phi) is 4.97. The van der Waals surface area contributed by atoms with Gasteiger partial charge >= 0.3 is 12.1 Å². The van der Waals surface area contributed by atoms with Gasteiger partial charge in [-0.1, -0.05) is 54.7 Å². The van der Waals surface area contributed by atoms with Crippen molar-refractivity contribution in [1.82, 2.24) is 4.57 Å². The van der Waals surface area contributed by atoms with Crippen LogP contribution >= 0.6 is 12.2 Å². The number of carbonyl (C=O) groups excluding carboxylic acids is 1. The number of halogens is 3. The fraction of sp³-hybridized carbons (Fsp3) is 0.227. The first kappa shape index (κ1) is 20.3. The molecule has 1 aliphatic heterocycles. The fourth-order valence-corrected chi connectivity index (χ4v) is 4.41. The highest BCUT2D eigenvalue weighted by atomic mass is 32.1. The highest BCUT2D eigenvalue weighted by molar-refractivity contribution is 7.80. The fourth-order valence-electron chi connectivity index (χ4n) is 4.05. The zero-order valence-electron chi connectivity index (χ0n) is 15.8. The van der Waals surface area contributed by atoms with Gasteiger partial charge in [-0.2, -0.15) is 13.2 Å². The number of hydrogen-bond donors (Lipinski definition) is 0. The van der Waals surface area contributed by atoms with Crippen LogP contribution in [0, 0.1) is 0 Å². The minimum atomic E-state index is -4.75. The molecular formula is C22H16F3NO3S. The van der Waals surface area contributed by atoms with Crippen molar-refractivity contribution < 1.29 is 22.7 Å². The van der Waals surface area contributed by atoms with Crippen LogP contribution in [0.3, 0.4) is 0 Å². The molecule has 0 amide bonds. The summed E-state index contributed by atoms with van der Waals surface area (Å²) in [7, 11) is 1.12. The average molecular weight is 431 g/mol. The Hall–Kier alpha value is -3.00. The number of benzene rings is 2. The third-order valence-corrected chi connectivity index (χ3v) is 5.67. The zero-order chi connectivity index (χ0) is 21.6. The number of thiocarbonyl (C=S) groups is 1. The normalized spacial score (nSPS) is 16.0. The first-order valence-electron chi connectivity index (χ1n) is 9.15. The summed E-state index contributed by atoms with van der Waals surface area (Å²) in [4.78, 5) is 24.7. The van der Waals surface area contributed by atoms with E-state index < -0.39 is 35.0 Å². The number of esters is 1. The van der Waals surface area contributed by atoms with Gasteiger partial charge in [-0.15, -0.1) is 0 Å². The lowest BCUT2D eigenvalue weighted by Crippen LogP contribution is -2.31. The van der Waals surface area contributed by atoms with E-state index in [1.165, 1.54) is 0 Å². The van der Waals surface area contributed by atoms with E-state index >= 15 is 0 Å². The molecule has 0 aliphatic carbocycles. The molecule has 4 nitrogen and oxygen atoms in total. The lowest BCUT2D eigenvalue weighted by atomic mass is 9.94. The molecule has 0 saturated carbocycles. The summed E-state index contributed by atoms with van der Waals surface area (Å²) in [6, 6.07) is 12.5. The molecule has 3 aromatic rings. The van der Waals surface area contributed by atoms with Crippen molar-refractivity contribution in [3.8, 4) is 0 Å². The summed E-state index contributed by atoms with van der Waals surface area (Å²) >= 11 is 5.17. The van der Waals surface area contributed by atoms with E-state index in [0.29, 0.717) is 5.56 Å². The Morgan fingerprint density at radius 3 is 2.57 bits per heavy atom. The van der Waals surface area contributed by atoms with Gasteiger partial charge in [0, 0.05) is 17.4 Å². The van der Waals surface area contributed by atoms with Crippen molar-refractivity contribution >= 4 is 33.8 Å². The highest BCUT2D eigenvalue weighted by Gasteiger charge is 2.44. The van der Waals surface area contributed by atoms with Gasteiger partial charge in [0.15, 0.2) is 0 Å². The second kappa shape index (κ2) is 7.36. The second-order valence-electron chi connectivity index (χ2n) is 7.08. The van der Waals surface area contributed by atoms with Gasteiger partial charge < -0.3 is 4.74 Å². The first-order valence-corrected chi connectivity index (χ1v) is 9.56. The number of fused-ring (bicyclic) bond motifs is 2. The van der Waals surface area contributed by atoms with Crippen LogP contribution < -0.4 is 5.56 Å². The molecule has 0 spiro atoms. The lowest BCUT2D eigenvalue weighted by molar-refractivity contribution is -0.145. The lowest BCUT2D eigenvalue weighted by Gasteiger charge is -2.19. The quantitative estimate of drug-likeness (QED) is 0.454. The maximum absolute atomic E-state index is 14.1. The summed E-state index contributed by atoms with van der Waals surface area (Å²) in [6.07, 6.45) is -5.01. The van der Waals surface area contributed by atoms with E-state index in [4.69, 9.17) is 12.2 Å². The van der Waals surface area contributed by atoms with Crippen LogP contribution in [-0.4, -0.2) is 22.5 Å². The number of aromatic nitrogens is 1. The highest BCUT2D eigenvalue weighted by Crippen LogP contribution is 2.40. The summed E-state index contributed by atoms with van der Waals surface area (Å²) in [5, 5.41) is 1.70. The van der Waals surface area contributed by atoms with Gasteiger partial charge in [-0.05, 0) is 28.3 Å². The third kappa shape index (κ3) is 3.31. The number of rotatable bonds is 3. The molecule has 0 bridgehead atoms.